The Labute approximate surface area is 87.0 Å². The second-order valence-electron chi connectivity index (χ2n) is 4.29. The number of hydrogen-bond donors (Lipinski definition) is 0. The van der Waals surface area contributed by atoms with E-state index in [1.807, 2.05) is 0 Å². The van der Waals surface area contributed by atoms with Crippen molar-refractivity contribution in [1.82, 2.24) is 0 Å². The van der Waals surface area contributed by atoms with E-state index in [4.69, 9.17) is 4.74 Å². The molecule has 1 rings (SSSR count). The van der Waals surface area contributed by atoms with Crippen LogP contribution < -0.4 is 0 Å². The minimum absolute atomic E-state index is 0.00495. The number of unbranched alkanes of at least 4 members (excludes halogenated alkanes) is 2. The molecule has 0 aromatic heterocycles. The summed E-state index contributed by atoms with van der Waals surface area (Å²) < 4.78 is 5.23. The predicted octanol–water partition coefficient (Wildman–Crippen LogP) is 3.30. The molecule has 14 heavy (non-hydrogen) atoms. The van der Waals surface area contributed by atoms with Gasteiger partial charge in [-0.25, -0.2) is 0 Å². The minimum atomic E-state index is 0.00495. The summed E-state index contributed by atoms with van der Waals surface area (Å²) in [4.78, 5) is 11.3. The third-order valence-electron chi connectivity index (χ3n) is 2.94. The van der Waals surface area contributed by atoms with Crippen LogP contribution in [0.1, 0.15) is 58.3 Å². The topological polar surface area (TPSA) is 26.3 Å². The molecule has 82 valence electrons. The van der Waals surface area contributed by atoms with E-state index in [0.29, 0.717) is 18.9 Å². The van der Waals surface area contributed by atoms with Crippen LogP contribution in [0.3, 0.4) is 0 Å². The Morgan fingerprint density at radius 3 is 2.64 bits per heavy atom. The molecule has 0 spiro atoms. The van der Waals surface area contributed by atoms with Crippen molar-refractivity contribution >= 4 is 5.97 Å². The molecule has 1 aliphatic carbocycles. The summed E-state index contributed by atoms with van der Waals surface area (Å²) >= 11 is 0. The molecule has 1 aliphatic rings. The summed E-state index contributed by atoms with van der Waals surface area (Å²) in [5.41, 5.74) is 0. The van der Waals surface area contributed by atoms with Crippen LogP contribution in [0.15, 0.2) is 0 Å². The highest BCUT2D eigenvalue weighted by molar-refractivity contribution is 5.69. The highest BCUT2D eigenvalue weighted by Gasteiger charge is 2.16. The van der Waals surface area contributed by atoms with Gasteiger partial charge in [0.1, 0.15) is 0 Å². The summed E-state index contributed by atoms with van der Waals surface area (Å²) in [6, 6.07) is 0. The lowest BCUT2D eigenvalue weighted by Crippen LogP contribution is -2.11. The Morgan fingerprint density at radius 1 is 1.29 bits per heavy atom. The fourth-order valence-electron chi connectivity index (χ4n) is 1.98. The fraction of sp³-hybridized carbons (Fsp3) is 0.917. The Morgan fingerprint density at radius 2 is 2.00 bits per heavy atom. The molecule has 0 radical (unpaired) electrons. The summed E-state index contributed by atoms with van der Waals surface area (Å²) in [7, 11) is 0. The average molecular weight is 198 g/mol. The number of esters is 1. The van der Waals surface area contributed by atoms with E-state index < -0.39 is 0 Å². The van der Waals surface area contributed by atoms with Crippen molar-refractivity contribution in [3.8, 4) is 0 Å². The lowest BCUT2D eigenvalue weighted by Gasteiger charge is -2.09. The first kappa shape index (κ1) is 11.5. The first-order valence-electron chi connectivity index (χ1n) is 5.98. The van der Waals surface area contributed by atoms with E-state index in [-0.39, 0.29) is 5.97 Å². The quantitative estimate of drug-likeness (QED) is 0.483. The Hall–Kier alpha value is -0.530. The number of rotatable bonds is 6. The summed E-state index contributed by atoms with van der Waals surface area (Å²) in [6.07, 6.45) is 9.04. The van der Waals surface area contributed by atoms with Crippen LogP contribution in [-0.4, -0.2) is 12.6 Å². The number of carbonyl (C=O) groups is 1. The maximum atomic E-state index is 11.3. The molecule has 0 unspecified atom stereocenters. The highest BCUT2D eigenvalue weighted by atomic mass is 16.5. The van der Waals surface area contributed by atoms with E-state index in [1.165, 1.54) is 25.7 Å². The van der Waals surface area contributed by atoms with E-state index in [9.17, 15) is 4.79 Å². The molecule has 0 amide bonds. The number of ether oxygens (including phenoxy) is 1. The van der Waals surface area contributed by atoms with Gasteiger partial charge in [0.2, 0.25) is 0 Å². The van der Waals surface area contributed by atoms with E-state index >= 15 is 0 Å². The van der Waals surface area contributed by atoms with Crippen LogP contribution >= 0.6 is 0 Å². The van der Waals surface area contributed by atoms with Crippen molar-refractivity contribution in [2.45, 2.75) is 58.3 Å². The molecule has 2 heteroatoms. The first-order chi connectivity index (χ1) is 6.83. The molecular weight excluding hydrogens is 176 g/mol. The van der Waals surface area contributed by atoms with Gasteiger partial charge in [-0.3, -0.25) is 4.79 Å². The van der Waals surface area contributed by atoms with Crippen LogP contribution in [-0.2, 0) is 9.53 Å². The number of carbonyl (C=O) groups excluding carboxylic acids is 1. The molecule has 0 aromatic rings. The zero-order chi connectivity index (χ0) is 10.2. The Balaban J connectivity index is 1.96. The van der Waals surface area contributed by atoms with E-state index in [2.05, 4.69) is 6.92 Å². The van der Waals surface area contributed by atoms with Crippen molar-refractivity contribution in [2.75, 3.05) is 6.61 Å². The molecule has 1 fully saturated rings. The summed E-state index contributed by atoms with van der Waals surface area (Å²) in [5, 5.41) is 0. The monoisotopic (exact) mass is 198 g/mol. The maximum absolute atomic E-state index is 11.3. The maximum Gasteiger partial charge on any atom is 0.305 e. The van der Waals surface area contributed by atoms with Gasteiger partial charge in [0.25, 0.3) is 0 Å². The summed E-state index contributed by atoms with van der Waals surface area (Å²) in [6.45, 7) is 2.81. The third-order valence-corrected chi connectivity index (χ3v) is 2.94. The van der Waals surface area contributed by atoms with Crippen LogP contribution in [0.2, 0.25) is 0 Å². The molecule has 0 aromatic carbocycles. The van der Waals surface area contributed by atoms with Gasteiger partial charge in [0.15, 0.2) is 0 Å². The second kappa shape index (κ2) is 6.86. The molecule has 0 atom stereocenters. The van der Waals surface area contributed by atoms with Gasteiger partial charge >= 0.3 is 5.97 Å². The zero-order valence-corrected chi connectivity index (χ0v) is 9.26. The van der Waals surface area contributed by atoms with E-state index in [1.54, 1.807) is 0 Å². The van der Waals surface area contributed by atoms with E-state index in [0.717, 1.165) is 19.3 Å². The van der Waals surface area contributed by atoms with Gasteiger partial charge in [0, 0.05) is 6.42 Å². The van der Waals surface area contributed by atoms with Crippen molar-refractivity contribution in [3.05, 3.63) is 0 Å². The predicted molar refractivity (Wildman–Crippen MR) is 57.1 cm³/mol. The lowest BCUT2D eigenvalue weighted by atomic mass is 10.1. The van der Waals surface area contributed by atoms with Crippen molar-refractivity contribution in [2.24, 2.45) is 5.92 Å². The smallest absolute Gasteiger partial charge is 0.305 e. The molecule has 0 saturated heterocycles. The van der Waals surface area contributed by atoms with Gasteiger partial charge in [-0.1, -0.05) is 32.6 Å². The Kier molecular flexibility index (Phi) is 5.65. The third kappa shape index (κ3) is 4.64. The van der Waals surface area contributed by atoms with Crippen molar-refractivity contribution < 1.29 is 9.53 Å². The standard InChI is InChI=1S/C12H22O2/c1-2-3-4-9-12(13)14-10-11-7-5-6-8-11/h11H,2-10H2,1H3. The molecule has 0 heterocycles. The minimum Gasteiger partial charge on any atom is -0.465 e. The molecule has 0 N–H and O–H groups in total. The van der Waals surface area contributed by atoms with Gasteiger partial charge in [0.05, 0.1) is 6.61 Å². The second-order valence-corrected chi connectivity index (χ2v) is 4.29. The van der Waals surface area contributed by atoms with Crippen molar-refractivity contribution in [1.29, 1.82) is 0 Å². The summed E-state index contributed by atoms with van der Waals surface area (Å²) in [5.74, 6) is 0.662. The molecular formula is C12H22O2. The molecule has 0 bridgehead atoms. The zero-order valence-electron chi connectivity index (χ0n) is 9.26. The van der Waals surface area contributed by atoms with Gasteiger partial charge in [-0.05, 0) is 25.2 Å². The van der Waals surface area contributed by atoms with Crippen molar-refractivity contribution in [3.63, 3.8) is 0 Å². The van der Waals surface area contributed by atoms with Gasteiger partial charge in [-0.15, -0.1) is 0 Å². The largest absolute Gasteiger partial charge is 0.465 e. The van der Waals surface area contributed by atoms with Crippen LogP contribution in [0, 0.1) is 5.92 Å². The normalized spacial score (nSPS) is 17.2. The highest BCUT2D eigenvalue weighted by Crippen LogP contribution is 2.24. The lowest BCUT2D eigenvalue weighted by molar-refractivity contribution is -0.145. The first-order valence-corrected chi connectivity index (χ1v) is 5.98. The Bertz CT molecular complexity index is 160. The molecule has 1 saturated carbocycles. The van der Waals surface area contributed by atoms with Gasteiger partial charge < -0.3 is 4.74 Å². The average Bonchev–Trinajstić information content (AvgIpc) is 2.68. The van der Waals surface area contributed by atoms with Gasteiger partial charge in [-0.2, -0.15) is 0 Å². The number of hydrogen-bond acceptors (Lipinski definition) is 2. The molecule has 0 aliphatic heterocycles. The van der Waals surface area contributed by atoms with Crippen LogP contribution in [0.25, 0.3) is 0 Å². The molecule has 2 nitrogen and oxygen atoms in total. The van der Waals surface area contributed by atoms with Crippen LogP contribution in [0.4, 0.5) is 0 Å². The fourth-order valence-corrected chi connectivity index (χ4v) is 1.98. The SMILES string of the molecule is CCCCCC(=O)OCC1CCCC1. The van der Waals surface area contributed by atoms with Crippen LogP contribution in [0.5, 0.6) is 0 Å².